The number of aryl methyl sites for hydroxylation is 1. The number of amides is 1. The molecular weight excluding hydrogens is 274 g/mol. The summed E-state index contributed by atoms with van der Waals surface area (Å²) >= 11 is 5.69. The number of hydrogen-bond acceptors (Lipinski definition) is 3. The van der Waals surface area contributed by atoms with Gasteiger partial charge >= 0.3 is 0 Å². The van der Waals surface area contributed by atoms with Gasteiger partial charge < -0.3 is 10.2 Å². The highest BCUT2D eigenvalue weighted by Crippen LogP contribution is 2.23. The van der Waals surface area contributed by atoms with Gasteiger partial charge in [0.2, 0.25) is 0 Å². The van der Waals surface area contributed by atoms with Gasteiger partial charge in [0.15, 0.2) is 0 Å². The Hall–Kier alpha value is -1.81. The minimum absolute atomic E-state index is 0.139. The van der Waals surface area contributed by atoms with Crippen molar-refractivity contribution in [3.63, 3.8) is 0 Å². The molecular formula is C15H18ClN3O. The molecule has 2 heterocycles. The molecule has 1 aliphatic rings. The molecule has 0 aliphatic carbocycles. The molecule has 2 rings (SSSR count). The first kappa shape index (κ1) is 14.6. The first-order valence-electron chi connectivity index (χ1n) is 6.60. The molecule has 0 saturated heterocycles. The maximum Gasteiger partial charge on any atom is 0.258 e. The lowest BCUT2D eigenvalue weighted by Gasteiger charge is -2.29. The van der Waals surface area contributed by atoms with E-state index < -0.39 is 0 Å². The second-order valence-electron chi connectivity index (χ2n) is 4.67. The molecule has 0 bridgehead atoms. The first-order valence-corrected chi connectivity index (χ1v) is 7.13. The van der Waals surface area contributed by atoms with Crippen molar-refractivity contribution in [2.75, 3.05) is 12.4 Å². The van der Waals surface area contributed by atoms with Gasteiger partial charge in [-0.15, -0.1) is 11.6 Å². The van der Waals surface area contributed by atoms with Crippen molar-refractivity contribution >= 4 is 23.1 Å². The molecule has 1 aromatic heterocycles. The molecule has 5 heteroatoms. The number of halogens is 1. The zero-order valence-electron chi connectivity index (χ0n) is 11.5. The Morgan fingerprint density at radius 1 is 1.45 bits per heavy atom. The van der Waals surface area contributed by atoms with Crippen molar-refractivity contribution in [1.29, 1.82) is 0 Å². The molecule has 0 atom stereocenters. The summed E-state index contributed by atoms with van der Waals surface area (Å²) in [5.41, 5.74) is 2.30. The Bertz CT molecular complexity index is 554. The van der Waals surface area contributed by atoms with Gasteiger partial charge in [0.05, 0.1) is 5.57 Å². The number of alkyl halides is 1. The molecule has 1 aromatic rings. The Morgan fingerprint density at radius 2 is 2.25 bits per heavy atom. The standard InChI is InChI=1S/C15H18ClN3O/c1-11-13(6-5-8-17-11)14-10-19(9-4-3-7-16)12(2)18-15(14)20/h5-6,8,10H,2-4,7,9H2,1H3,(H,18,20). The van der Waals surface area contributed by atoms with Crippen LogP contribution >= 0.6 is 11.6 Å². The van der Waals surface area contributed by atoms with Crippen LogP contribution in [0, 0.1) is 6.92 Å². The lowest BCUT2D eigenvalue weighted by atomic mass is 10.0. The molecule has 1 amide bonds. The van der Waals surface area contributed by atoms with Crippen LogP contribution in [0.5, 0.6) is 0 Å². The van der Waals surface area contributed by atoms with E-state index in [0.29, 0.717) is 17.3 Å². The number of hydrogen-bond donors (Lipinski definition) is 1. The lowest BCUT2D eigenvalue weighted by Crippen LogP contribution is -2.38. The van der Waals surface area contributed by atoms with E-state index in [1.165, 1.54) is 0 Å². The van der Waals surface area contributed by atoms with E-state index >= 15 is 0 Å². The summed E-state index contributed by atoms with van der Waals surface area (Å²) in [5.74, 6) is 1.11. The average Bonchev–Trinajstić information content (AvgIpc) is 2.42. The monoisotopic (exact) mass is 291 g/mol. The Kier molecular flexibility index (Phi) is 4.79. The van der Waals surface area contributed by atoms with E-state index in [9.17, 15) is 4.79 Å². The number of carbonyl (C=O) groups is 1. The number of pyridine rings is 1. The van der Waals surface area contributed by atoms with Crippen LogP contribution in [0.15, 0.2) is 36.9 Å². The highest BCUT2D eigenvalue weighted by molar-refractivity contribution is 6.21. The van der Waals surface area contributed by atoms with Crippen molar-refractivity contribution in [3.8, 4) is 0 Å². The molecule has 0 saturated carbocycles. The normalized spacial score (nSPS) is 15.1. The summed E-state index contributed by atoms with van der Waals surface area (Å²) in [4.78, 5) is 18.3. The number of aromatic nitrogens is 1. The van der Waals surface area contributed by atoms with Gasteiger partial charge in [0.25, 0.3) is 5.91 Å². The zero-order chi connectivity index (χ0) is 14.5. The van der Waals surface area contributed by atoms with Gasteiger partial charge in [-0.1, -0.05) is 12.6 Å². The largest absolute Gasteiger partial charge is 0.334 e. The van der Waals surface area contributed by atoms with E-state index in [2.05, 4.69) is 16.9 Å². The Morgan fingerprint density at radius 3 is 2.95 bits per heavy atom. The van der Waals surface area contributed by atoms with Gasteiger partial charge in [-0.05, 0) is 25.8 Å². The van der Waals surface area contributed by atoms with Crippen LogP contribution in [0.2, 0.25) is 0 Å². The van der Waals surface area contributed by atoms with Crippen LogP contribution in [0.25, 0.3) is 5.57 Å². The summed E-state index contributed by atoms with van der Waals surface area (Å²) < 4.78 is 0. The summed E-state index contributed by atoms with van der Waals surface area (Å²) in [6, 6.07) is 3.73. The minimum atomic E-state index is -0.139. The number of nitrogens with one attached hydrogen (secondary N) is 1. The van der Waals surface area contributed by atoms with Gasteiger partial charge in [-0.25, -0.2) is 0 Å². The maximum atomic E-state index is 12.1. The second kappa shape index (κ2) is 6.57. The van der Waals surface area contributed by atoms with E-state index in [4.69, 9.17) is 11.6 Å². The Labute approximate surface area is 124 Å². The predicted octanol–water partition coefficient (Wildman–Crippen LogP) is 2.65. The van der Waals surface area contributed by atoms with Gasteiger partial charge in [-0.3, -0.25) is 9.78 Å². The smallest absolute Gasteiger partial charge is 0.258 e. The second-order valence-corrected chi connectivity index (χ2v) is 5.05. The average molecular weight is 292 g/mol. The van der Waals surface area contributed by atoms with E-state index in [0.717, 1.165) is 30.6 Å². The third-order valence-electron chi connectivity index (χ3n) is 3.21. The van der Waals surface area contributed by atoms with Crippen LogP contribution < -0.4 is 5.32 Å². The molecule has 0 spiro atoms. The molecule has 0 radical (unpaired) electrons. The predicted molar refractivity (Wildman–Crippen MR) is 80.9 cm³/mol. The van der Waals surface area contributed by atoms with E-state index in [1.54, 1.807) is 6.20 Å². The summed E-state index contributed by atoms with van der Waals surface area (Å²) in [6.45, 7) is 6.56. The summed E-state index contributed by atoms with van der Waals surface area (Å²) in [5, 5.41) is 2.80. The molecule has 1 N–H and O–H groups in total. The molecule has 0 aromatic carbocycles. The molecule has 106 valence electrons. The molecule has 0 fully saturated rings. The number of carbonyl (C=O) groups excluding carboxylic acids is 1. The fourth-order valence-corrected chi connectivity index (χ4v) is 2.29. The third kappa shape index (κ3) is 3.20. The van der Waals surface area contributed by atoms with Crippen molar-refractivity contribution in [1.82, 2.24) is 15.2 Å². The zero-order valence-corrected chi connectivity index (χ0v) is 12.3. The van der Waals surface area contributed by atoms with Crippen molar-refractivity contribution < 1.29 is 4.79 Å². The van der Waals surface area contributed by atoms with E-state index in [1.807, 2.05) is 30.2 Å². The van der Waals surface area contributed by atoms with Crippen molar-refractivity contribution in [3.05, 3.63) is 48.2 Å². The van der Waals surface area contributed by atoms with Gasteiger partial charge in [0, 0.05) is 36.1 Å². The molecule has 4 nitrogen and oxygen atoms in total. The highest BCUT2D eigenvalue weighted by Gasteiger charge is 2.22. The maximum absolute atomic E-state index is 12.1. The lowest BCUT2D eigenvalue weighted by molar-refractivity contribution is -0.115. The molecule has 1 aliphatic heterocycles. The summed E-state index contributed by atoms with van der Waals surface area (Å²) in [6.07, 6.45) is 5.46. The number of nitrogens with zero attached hydrogens (tertiary/aromatic N) is 2. The van der Waals surface area contributed by atoms with Crippen LogP contribution in [0.4, 0.5) is 0 Å². The fourth-order valence-electron chi connectivity index (χ4n) is 2.10. The quantitative estimate of drug-likeness (QED) is 0.670. The minimum Gasteiger partial charge on any atom is -0.334 e. The van der Waals surface area contributed by atoms with Crippen LogP contribution in [0.3, 0.4) is 0 Å². The Balaban J connectivity index is 2.26. The van der Waals surface area contributed by atoms with Crippen LogP contribution in [-0.2, 0) is 4.79 Å². The topological polar surface area (TPSA) is 45.2 Å². The highest BCUT2D eigenvalue weighted by atomic mass is 35.5. The third-order valence-corrected chi connectivity index (χ3v) is 3.48. The summed E-state index contributed by atoms with van der Waals surface area (Å²) in [7, 11) is 0. The van der Waals surface area contributed by atoms with Crippen molar-refractivity contribution in [2.45, 2.75) is 19.8 Å². The van der Waals surface area contributed by atoms with Gasteiger partial charge in [0.1, 0.15) is 5.82 Å². The van der Waals surface area contributed by atoms with Crippen LogP contribution in [-0.4, -0.2) is 28.2 Å². The van der Waals surface area contributed by atoms with Gasteiger partial charge in [-0.2, -0.15) is 0 Å². The number of rotatable bonds is 5. The first-order chi connectivity index (χ1) is 9.63. The molecule has 0 unspecified atom stereocenters. The van der Waals surface area contributed by atoms with E-state index in [-0.39, 0.29) is 5.91 Å². The molecule has 20 heavy (non-hydrogen) atoms. The van der Waals surface area contributed by atoms with Crippen molar-refractivity contribution in [2.24, 2.45) is 0 Å². The SMILES string of the molecule is C=C1NC(=O)C(c2cccnc2C)=CN1CCCCCl. The number of unbranched alkanes of at least 4 members (excludes halogenated alkanes) is 1. The van der Waals surface area contributed by atoms with Crippen LogP contribution in [0.1, 0.15) is 24.1 Å². The fraction of sp³-hybridized carbons (Fsp3) is 0.333.